The monoisotopic (exact) mass is 490 g/mol. The lowest BCUT2D eigenvalue weighted by Gasteiger charge is -2.12. The number of halogens is 1. The first-order valence-electron chi connectivity index (χ1n) is 11.4. The summed E-state index contributed by atoms with van der Waals surface area (Å²) in [7, 11) is 0. The molecule has 1 heterocycles. The number of amides is 1. The molecule has 8 heteroatoms. The summed E-state index contributed by atoms with van der Waals surface area (Å²) in [4.78, 5) is 17.2. The molecule has 0 radical (unpaired) electrons. The van der Waals surface area contributed by atoms with Crippen LogP contribution in [0.1, 0.15) is 23.4 Å². The van der Waals surface area contributed by atoms with Gasteiger partial charge >= 0.3 is 6.01 Å². The molecule has 4 rings (SSSR count). The number of nitrogens with one attached hydrogen (secondary N) is 1. The van der Waals surface area contributed by atoms with Gasteiger partial charge in [0.2, 0.25) is 5.91 Å². The first-order valence-corrected chi connectivity index (χ1v) is 11.8. The number of ether oxygens (including phenoxy) is 2. The molecule has 0 aliphatic carbocycles. The number of aryl methyl sites for hydroxylation is 1. The molecule has 0 saturated heterocycles. The third kappa shape index (κ3) is 6.26. The molecular formula is C27H27ClN4O3. The highest BCUT2D eigenvalue weighted by molar-refractivity contribution is 6.32. The second-order valence-electron chi connectivity index (χ2n) is 7.85. The van der Waals surface area contributed by atoms with Crippen LogP contribution in [0.4, 0.5) is 5.69 Å². The van der Waals surface area contributed by atoms with Crippen molar-refractivity contribution in [1.82, 2.24) is 14.8 Å². The fourth-order valence-corrected chi connectivity index (χ4v) is 3.63. The van der Waals surface area contributed by atoms with Crippen LogP contribution in [0.3, 0.4) is 0 Å². The van der Waals surface area contributed by atoms with Gasteiger partial charge in [-0.05, 0) is 43.7 Å². The van der Waals surface area contributed by atoms with E-state index < -0.39 is 5.38 Å². The number of alkyl halides is 1. The molecule has 1 aromatic heterocycles. The van der Waals surface area contributed by atoms with Crippen LogP contribution in [0.25, 0.3) is 17.1 Å². The van der Waals surface area contributed by atoms with E-state index in [9.17, 15) is 4.79 Å². The Kier molecular flexibility index (Phi) is 8.13. The van der Waals surface area contributed by atoms with Crippen LogP contribution in [0.15, 0.2) is 78.9 Å². The summed E-state index contributed by atoms with van der Waals surface area (Å²) in [5.74, 6) is 0.356. The molecule has 1 N–H and O–H groups in total. The van der Waals surface area contributed by atoms with Crippen LogP contribution in [0.5, 0.6) is 6.01 Å². The summed E-state index contributed by atoms with van der Waals surface area (Å²) in [5, 5.41) is 6.63. The summed E-state index contributed by atoms with van der Waals surface area (Å²) in [5.41, 5.74) is 4.21. The van der Waals surface area contributed by atoms with Crippen LogP contribution in [0.2, 0.25) is 0 Å². The summed E-state index contributed by atoms with van der Waals surface area (Å²) in [6.45, 7) is 5.41. The number of nitrogens with zero attached hydrogens (tertiary/aromatic N) is 3. The van der Waals surface area contributed by atoms with Crippen LogP contribution < -0.4 is 10.1 Å². The molecule has 0 spiro atoms. The van der Waals surface area contributed by atoms with Crippen molar-refractivity contribution in [2.75, 3.05) is 25.1 Å². The SMILES string of the molecule is CCOCCOc1nc(-c2ccc(C)cc2)n(-c2ccc(NC(=O)[C@H](Cl)c3ccccc3)cc2)n1. The molecule has 0 unspecified atom stereocenters. The number of rotatable bonds is 10. The molecular weight excluding hydrogens is 464 g/mol. The highest BCUT2D eigenvalue weighted by Crippen LogP contribution is 2.26. The van der Waals surface area contributed by atoms with Gasteiger partial charge in [-0.25, -0.2) is 4.68 Å². The number of anilines is 1. The minimum atomic E-state index is -0.782. The number of benzene rings is 3. The Morgan fingerprint density at radius 2 is 1.71 bits per heavy atom. The zero-order valence-electron chi connectivity index (χ0n) is 19.6. The lowest BCUT2D eigenvalue weighted by molar-refractivity contribution is -0.116. The standard InChI is InChI=1S/C27H27ClN4O3/c1-3-34-17-18-35-27-30-25(21-11-9-19(2)10-12-21)32(31-27)23-15-13-22(14-16-23)29-26(33)24(28)20-7-5-4-6-8-20/h4-16,24H,3,17-18H2,1-2H3,(H,29,33)/t24-/m1/s1. The fraction of sp³-hybridized carbons (Fsp3) is 0.222. The molecule has 35 heavy (non-hydrogen) atoms. The Balaban J connectivity index is 1.54. The van der Waals surface area contributed by atoms with E-state index in [0.29, 0.717) is 31.3 Å². The van der Waals surface area contributed by atoms with E-state index in [1.807, 2.05) is 80.6 Å². The molecule has 0 aliphatic rings. The Labute approximate surface area is 209 Å². The normalized spacial score (nSPS) is 11.7. The largest absolute Gasteiger partial charge is 0.460 e. The molecule has 0 saturated carbocycles. The lowest BCUT2D eigenvalue weighted by Crippen LogP contribution is -2.17. The predicted molar refractivity (Wildman–Crippen MR) is 137 cm³/mol. The van der Waals surface area contributed by atoms with Crippen molar-refractivity contribution in [1.29, 1.82) is 0 Å². The molecule has 0 aliphatic heterocycles. The van der Waals surface area contributed by atoms with Crippen molar-refractivity contribution >= 4 is 23.2 Å². The van der Waals surface area contributed by atoms with Crippen molar-refractivity contribution in [3.05, 3.63) is 90.0 Å². The third-order valence-corrected chi connectivity index (χ3v) is 5.71. The Bertz CT molecular complexity index is 1240. The number of hydrogen-bond donors (Lipinski definition) is 1. The second-order valence-corrected chi connectivity index (χ2v) is 8.29. The van der Waals surface area contributed by atoms with E-state index in [2.05, 4.69) is 15.4 Å². The lowest BCUT2D eigenvalue weighted by atomic mass is 10.1. The van der Waals surface area contributed by atoms with Gasteiger partial charge in [-0.15, -0.1) is 16.7 Å². The van der Waals surface area contributed by atoms with Gasteiger partial charge in [0.05, 0.1) is 12.3 Å². The quantitative estimate of drug-likeness (QED) is 0.232. The maximum atomic E-state index is 12.6. The highest BCUT2D eigenvalue weighted by Gasteiger charge is 2.18. The number of carbonyl (C=O) groups excluding carboxylic acids is 1. The van der Waals surface area contributed by atoms with Crippen molar-refractivity contribution in [2.24, 2.45) is 0 Å². The zero-order chi connectivity index (χ0) is 24.6. The van der Waals surface area contributed by atoms with E-state index in [0.717, 1.165) is 22.4 Å². The minimum absolute atomic E-state index is 0.269. The van der Waals surface area contributed by atoms with Gasteiger partial charge in [0.15, 0.2) is 5.82 Å². The molecule has 0 fully saturated rings. The van der Waals surface area contributed by atoms with E-state index in [4.69, 9.17) is 21.1 Å². The van der Waals surface area contributed by atoms with Crippen LogP contribution >= 0.6 is 11.6 Å². The van der Waals surface area contributed by atoms with Gasteiger partial charge in [-0.3, -0.25) is 4.79 Å². The van der Waals surface area contributed by atoms with E-state index in [1.165, 1.54) is 0 Å². The number of hydrogen-bond acceptors (Lipinski definition) is 5. The van der Waals surface area contributed by atoms with Crippen molar-refractivity contribution in [3.63, 3.8) is 0 Å². The van der Waals surface area contributed by atoms with E-state index >= 15 is 0 Å². The van der Waals surface area contributed by atoms with Gasteiger partial charge in [0, 0.05) is 17.9 Å². The summed E-state index contributed by atoms with van der Waals surface area (Å²) >= 11 is 6.34. The van der Waals surface area contributed by atoms with Gasteiger partial charge in [-0.1, -0.05) is 60.2 Å². The highest BCUT2D eigenvalue weighted by atomic mass is 35.5. The smallest absolute Gasteiger partial charge is 0.336 e. The first-order chi connectivity index (χ1) is 17.0. The zero-order valence-corrected chi connectivity index (χ0v) is 20.4. The van der Waals surface area contributed by atoms with Gasteiger partial charge in [0.1, 0.15) is 12.0 Å². The third-order valence-electron chi connectivity index (χ3n) is 5.26. The van der Waals surface area contributed by atoms with Crippen LogP contribution in [-0.4, -0.2) is 40.5 Å². The molecule has 3 aromatic carbocycles. The Morgan fingerprint density at radius 1 is 1.00 bits per heavy atom. The molecule has 0 bridgehead atoms. The predicted octanol–water partition coefficient (Wildman–Crippen LogP) is 5.58. The van der Waals surface area contributed by atoms with Gasteiger partial charge in [0.25, 0.3) is 0 Å². The number of carbonyl (C=O) groups is 1. The maximum absolute atomic E-state index is 12.6. The van der Waals surface area contributed by atoms with E-state index in [-0.39, 0.29) is 11.9 Å². The van der Waals surface area contributed by atoms with Gasteiger partial charge < -0.3 is 14.8 Å². The molecule has 4 aromatic rings. The van der Waals surface area contributed by atoms with Crippen molar-refractivity contribution < 1.29 is 14.3 Å². The topological polar surface area (TPSA) is 78.3 Å². The Morgan fingerprint density at radius 3 is 2.40 bits per heavy atom. The first kappa shape index (κ1) is 24.4. The van der Waals surface area contributed by atoms with Crippen LogP contribution in [-0.2, 0) is 9.53 Å². The average Bonchev–Trinajstić information content (AvgIpc) is 3.31. The van der Waals surface area contributed by atoms with Crippen molar-refractivity contribution in [3.8, 4) is 23.1 Å². The van der Waals surface area contributed by atoms with Crippen molar-refractivity contribution in [2.45, 2.75) is 19.2 Å². The van der Waals surface area contributed by atoms with E-state index in [1.54, 1.807) is 16.8 Å². The van der Waals surface area contributed by atoms with Gasteiger partial charge in [-0.2, -0.15) is 4.98 Å². The molecule has 1 atom stereocenters. The second kappa shape index (κ2) is 11.6. The number of aromatic nitrogens is 3. The Hall–Kier alpha value is -3.68. The summed E-state index contributed by atoms with van der Waals surface area (Å²) in [6, 6.07) is 24.9. The molecule has 180 valence electrons. The molecule has 7 nitrogen and oxygen atoms in total. The average molecular weight is 491 g/mol. The van der Waals surface area contributed by atoms with Crippen LogP contribution in [0, 0.1) is 6.92 Å². The molecule has 1 amide bonds. The minimum Gasteiger partial charge on any atom is -0.460 e. The summed E-state index contributed by atoms with van der Waals surface area (Å²) in [6.07, 6.45) is 0. The summed E-state index contributed by atoms with van der Waals surface area (Å²) < 4.78 is 12.8. The maximum Gasteiger partial charge on any atom is 0.336 e. The fourth-order valence-electron chi connectivity index (χ4n) is 3.43.